The Morgan fingerprint density at radius 3 is 2.04 bits per heavy atom. The monoisotopic (exact) mass is 343 g/mol. The summed E-state index contributed by atoms with van der Waals surface area (Å²) in [6, 6.07) is 28.9. The Hall–Kier alpha value is -2.87. The second-order valence-corrected chi connectivity index (χ2v) is 6.72. The van der Waals surface area contributed by atoms with Crippen molar-refractivity contribution in [2.45, 2.75) is 26.5 Å². The van der Waals surface area contributed by atoms with Gasteiger partial charge in [0.25, 0.3) is 0 Å². The number of nitrogens with zero attached hydrogens (tertiary/aromatic N) is 1. The van der Waals surface area contributed by atoms with Crippen molar-refractivity contribution in [3.8, 4) is 5.75 Å². The molecule has 26 heavy (non-hydrogen) atoms. The second kappa shape index (κ2) is 9.00. The lowest BCUT2D eigenvalue weighted by Gasteiger charge is -2.16. The number of aliphatic imine (C=N–C) groups is 1. The zero-order valence-electron chi connectivity index (χ0n) is 15.4. The summed E-state index contributed by atoms with van der Waals surface area (Å²) < 4.78 is 5.84. The van der Waals surface area contributed by atoms with Crippen LogP contribution in [-0.4, -0.2) is 6.21 Å². The maximum absolute atomic E-state index is 5.84. The number of rotatable bonds is 7. The van der Waals surface area contributed by atoms with Crippen molar-refractivity contribution in [1.29, 1.82) is 0 Å². The van der Waals surface area contributed by atoms with Crippen LogP contribution in [0.5, 0.6) is 5.75 Å². The van der Waals surface area contributed by atoms with E-state index < -0.39 is 0 Å². The van der Waals surface area contributed by atoms with E-state index >= 15 is 0 Å². The highest BCUT2D eigenvalue weighted by Crippen LogP contribution is 2.25. The fourth-order valence-corrected chi connectivity index (χ4v) is 2.85. The van der Waals surface area contributed by atoms with Crippen molar-refractivity contribution < 1.29 is 4.74 Å². The molecule has 0 aromatic heterocycles. The molecular formula is C24H25NO. The molecule has 2 nitrogen and oxygen atoms in total. The van der Waals surface area contributed by atoms with Crippen molar-refractivity contribution >= 4 is 6.21 Å². The molecule has 0 saturated heterocycles. The SMILES string of the molecule is CC(C)C(N=Cc1ccc(OCc2ccccc2)cc1)c1ccccc1. The van der Waals surface area contributed by atoms with Gasteiger partial charge in [-0.25, -0.2) is 0 Å². The Labute approximate surface area is 156 Å². The summed E-state index contributed by atoms with van der Waals surface area (Å²) in [6.07, 6.45) is 1.96. The molecule has 3 rings (SSSR count). The minimum atomic E-state index is 0.171. The maximum atomic E-state index is 5.84. The van der Waals surface area contributed by atoms with E-state index in [-0.39, 0.29) is 6.04 Å². The van der Waals surface area contributed by atoms with Crippen LogP contribution in [0.15, 0.2) is 89.9 Å². The van der Waals surface area contributed by atoms with Gasteiger partial charge in [0.05, 0.1) is 6.04 Å². The molecule has 0 spiro atoms. The zero-order valence-corrected chi connectivity index (χ0v) is 15.4. The fraction of sp³-hybridized carbons (Fsp3) is 0.208. The summed E-state index contributed by atoms with van der Waals surface area (Å²) in [5.41, 5.74) is 3.50. The number of ether oxygens (including phenoxy) is 1. The maximum Gasteiger partial charge on any atom is 0.119 e. The highest BCUT2D eigenvalue weighted by atomic mass is 16.5. The van der Waals surface area contributed by atoms with Gasteiger partial charge in [-0.2, -0.15) is 0 Å². The van der Waals surface area contributed by atoms with Gasteiger partial charge in [-0.15, -0.1) is 0 Å². The van der Waals surface area contributed by atoms with Gasteiger partial charge < -0.3 is 4.74 Å². The Bertz CT molecular complexity index is 808. The number of hydrogen-bond acceptors (Lipinski definition) is 2. The van der Waals surface area contributed by atoms with Gasteiger partial charge in [-0.1, -0.05) is 74.5 Å². The first kappa shape index (κ1) is 17.9. The molecule has 0 aliphatic rings. The van der Waals surface area contributed by atoms with Crippen LogP contribution in [0.25, 0.3) is 0 Å². The van der Waals surface area contributed by atoms with Crippen molar-refractivity contribution in [1.82, 2.24) is 0 Å². The van der Waals surface area contributed by atoms with Gasteiger partial charge in [0.1, 0.15) is 12.4 Å². The van der Waals surface area contributed by atoms with Gasteiger partial charge in [0, 0.05) is 6.21 Å². The Morgan fingerprint density at radius 1 is 0.808 bits per heavy atom. The van der Waals surface area contributed by atoms with E-state index in [4.69, 9.17) is 9.73 Å². The first-order chi connectivity index (χ1) is 12.7. The molecule has 0 aliphatic carbocycles. The molecule has 0 bridgehead atoms. The van der Waals surface area contributed by atoms with Crippen molar-refractivity contribution in [2.24, 2.45) is 10.9 Å². The van der Waals surface area contributed by atoms with Crippen LogP contribution in [0.3, 0.4) is 0 Å². The first-order valence-corrected chi connectivity index (χ1v) is 9.07. The predicted molar refractivity (Wildman–Crippen MR) is 109 cm³/mol. The van der Waals surface area contributed by atoms with Gasteiger partial charge in [0.2, 0.25) is 0 Å². The Kier molecular flexibility index (Phi) is 6.21. The van der Waals surface area contributed by atoms with Crippen LogP contribution < -0.4 is 4.74 Å². The van der Waals surface area contributed by atoms with E-state index in [9.17, 15) is 0 Å². The van der Waals surface area contributed by atoms with Crippen LogP contribution in [-0.2, 0) is 6.61 Å². The van der Waals surface area contributed by atoms with Gasteiger partial charge in [0.15, 0.2) is 0 Å². The highest BCUT2D eigenvalue weighted by molar-refractivity contribution is 5.80. The smallest absolute Gasteiger partial charge is 0.119 e. The third-order valence-corrected chi connectivity index (χ3v) is 4.29. The Morgan fingerprint density at radius 2 is 1.42 bits per heavy atom. The standard InChI is InChI=1S/C24H25NO/c1-19(2)24(22-11-7-4-8-12-22)25-17-20-13-15-23(16-14-20)26-18-21-9-5-3-6-10-21/h3-17,19,24H,18H2,1-2H3. The van der Waals surface area contributed by atoms with E-state index in [1.54, 1.807) is 0 Å². The summed E-state index contributed by atoms with van der Waals surface area (Å²) in [5.74, 6) is 1.32. The molecule has 3 aromatic carbocycles. The molecule has 132 valence electrons. The molecule has 1 unspecified atom stereocenters. The average molecular weight is 343 g/mol. The lowest BCUT2D eigenvalue weighted by atomic mass is 9.97. The molecule has 2 heteroatoms. The molecule has 0 heterocycles. The molecule has 0 saturated carbocycles. The molecule has 3 aromatic rings. The van der Waals surface area contributed by atoms with Crippen LogP contribution in [0.4, 0.5) is 0 Å². The quantitative estimate of drug-likeness (QED) is 0.476. The third-order valence-electron chi connectivity index (χ3n) is 4.29. The van der Waals surface area contributed by atoms with Gasteiger partial charge in [-0.05, 0) is 46.9 Å². The minimum absolute atomic E-state index is 0.171. The van der Waals surface area contributed by atoms with E-state index in [1.165, 1.54) is 11.1 Å². The van der Waals surface area contributed by atoms with Crippen LogP contribution in [0.1, 0.15) is 36.6 Å². The number of benzene rings is 3. The normalized spacial score (nSPS) is 12.4. The molecule has 0 fully saturated rings. The molecule has 0 aliphatic heterocycles. The van der Waals surface area contributed by atoms with E-state index in [2.05, 4.69) is 50.2 Å². The summed E-state index contributed by atoms with van der Waals surface area (Å²) in [4.78, 5) is 4.82. The lowest BCUT2D eigenvalue weighted by Crippen LogP contribution is -2.04. The predicted octanol–water partition coefficient (Wildman–Crippen LogP) is 6.08. The van der Waals surface area contributed by atoms with Crippen molar-refractivity contribution in [3.63, 3.8) is 0 Å². The third kappa shape index (κ3) is 5.06. The van der Waals surface area contributed by atoms with Crippen LogP contribution in [0, 0.1) is 5.92 Å². The van der Waals surface area contributed by atoms with Crippen LogP contribution in [0.2, 0.25) is 0 Å². The molecular weight excluding hydrogens is 318 g/mol. The fourth-order valence-electron chi connectivity index (χ4n) is 2.85. The number of hydrogen-bond donors (Lipinski definition) is 0. The summed E-state index contributed by atoms with van der Waals surface area (Å²) in [5, 5.41) is 0. The highest BCUT2D eigenvalue weighted by Gasteiger charge is 2.13. The summed E-state index contributed by atoms with van der Waals surface area (Å²) in [6.45, 7) is 4.99. The lowest BCUT2D eigenvalue weighted by molar-refractivity contribution is 0.306. The Balaban J connectivity index is 1.63. The van der Waals surface area contributed by atoms with Gasteiger partial charge in [-0.3, -0.25) is 4.99 Å². The topological polar surface area (TPSA) is 21.6 Å². The average Bonchev–Trinajstić information content (AvgIpc) is 2.69. The molecule has 0 radical (unpaired) electrons. The molecule has 0 amide bonds. The van der Waals surface area contributed by atoms with E-state index in [0.29, 0.717) is 12.5 Å². The molecule has 1 atom stereocenters. The summed E-state index contributed by atoms with van der Waals surface area (Å²) >= 11 is 0. The zero-order chi connectivity index (χ0) is 18.2. The van der Waals surface area contributed by atoms with Crippen molar-refractivity contribution in [3.05, 3.63) is 102 Å². The largest absolute Gasteiger partial charge is 0.489 e. The molecule has 0 N–H and O–H groups in total. The van der Waals surface area contributed by atoms with E-state index in [1.807, 2.05) is 54.7 Å². The van der Waals surface area contributed by atoms with Crippen LogP contribution >= 0.6 is 0 Å². The second-order valence-electron chi connectivity index (χ2n) is 6.72. The van der Waals surface area contributed by atoms with Gasteiger partial charge >= 0.3 is 0 Å². The minimum Gasteiger partial charge on any atom is -0.489 e. The van der Waals surface area contributed by atoms with E-state index in [0.717, 1.165) is 11.3 Å². The summed E-state index contributed by atoms with van der Waals surface area (Å²) in [7, 11) is 0. The first-order valence-electron chi connectivity index (χ1n) is 9.07. The van der Waals surface area contributed by atoms with Crippen molar-refractivity contribution in [2.75, 3.05) is 0 Å².